The molecule has 1 aromatic rings. The molecule has 0 unspecified atom stereocenters. The maximum atomic E-state index is 12.5. The Bertz CT molecular complexity index is 520. The van der Waals surface area contributed by atoms with Gasteiger partial charge in [-0.1, -0.05) is 43.5 Å². The molecule has 2 aliphatic rings. The molecule has 0 heterocycles. The van der Waals surface area contributed by atoms with Gasteiger partial charge < -0.3 is 0 Å². The van der Waals surface area contributed by atoms with Crippen LogP contribution in [0.4, 0.5) is 0 Å². The summed E-state index contributed by atoms with van der Waals surface area (Å²) in [5.74, 6) is -0.367. The zero-order valence-corrected chi connectivity index (χ0v) is 10.5. The minimum absolute atomic E-state index is 0.0567. The van der Waals surface area contributed by atoms with Crippen molar-refractivity contribution in [3.63, 3.8) is 0 Å². The molecule has 2 heteroatoms. The molecule has 0 aromatic heterocycles. The van der Waals surface area contributed by atoms with E-state index in [2.05, 4.69) is 12.1 Å². The third kappa shape index (κ3) is 1.58. The van der Waals surface area contributed by atoms with E-state index < -0.39 is 5.92 Å². The van der Waals surface area contributed by atoms with E-state index in [1.54, 1.807) is 0 Å². The Morgan fingerprint density at radius 3 is 2.61 bits per heavy atom. The number of hydrogen-bond acceptors (Lipinski definition) is 2. The number of carbonyl (C=O) groups is 1. The van der Waals surface area contributed by atoms with Crippen LogP contribution in [0.15, 0.2) is 24.3 Å². The van der Waals surface area contributed by atoms with Gasteiger partial charge >= 0.3 is 0 Å². The van der Waals surface area contributed by atoms with Gasteiger partial charge in [-0.2, -0.15) is 5.26 Å². The van der Waals surface area contributed by atoms with E-state index >= 15 is 0 Å². The Hall–Kier alpha value is -1.62. The number of nitriles is 1. The summed E-state index contributed by atoms with van der Waals surface area (Å²) in [6.45, 7) is 0. The van der Waals surface area contributed by atoms with Crippen LogP contribution < -0.4 is 0 Å². The summed E-state index contributed by atoms with van der Waals surface area (Å²) in [5, 5.41) is 9.43. The lowest BCUT2D eigenvalue weighted by Crippen LogP contribution is -2.42. The largest absolute Gasteiger partial charge is 0.293 e. The van der Waals surface area contributed by atoms with Gasteiger partial charge in [0.15, 0.2) is 5.78 Å². The van der Waals surface area contributed by atoms with Crippen LogP contribution in [0.3, 0.4) is 0 Å². The second-order valence-electron chi connectivity index (χ2n) is 5.68. The lowest BCUT2D eigenvalue weighted by molar-refractivity contribution is 0.0684. The maximum Gasteiger partial charge on any atom is 0.180 e. The summed E-state index contributed by atoms with van der Waals surface area (Å²) < 4.78 is 0. The minimum Gasteiger partial charge on any atom is -0.293 e. The SMILES string of the molecule is N#C[C@H]1C(=O)c2ccccc2CC12CCCCC2. The highest BCUT2D eigenvalue weighted by Gasteiger charge is 2.47. The van der Waals surface area contributed by atoms with Gasteiger partial charge in [0.2, 0.25) is 0 Å². The fourth-order valence-corrected chi connectivity index (χ4v) is 3.75. The summed E-state index contributed by atoms with van der Waals surface area (Å²) in [4.78, 5) is 12.5. The Labute approximate surface area is 108 Å². The van der Waals surface area contributed by atoms with Crippen LogP contribution in [0.25, 0.3) is 0 Å². The maximum absolute atomic E-state index is 12.5. The van der Waals surface area contributed by atoms with Crippen LogP contribution in [0.1, 0.15) is 48.0 Å². The van der Waals surface area contributed by atoms with Crippen LogP contribution >= 0.6 is 0 Å². The molecule has 1 fully saturated rings. The second kappa shape index (κ2) is 4.24. The lowest BCUT2D eigenvalue weighted by atomic mass is 9.58. The van der Waals surface area contributed by atoms with Crippen molar-refractivity contribution in [2.45, 2.75) is 38.5 Å². The van der Waals surface area contributed by atoms with Gasteiger partial charge in [-0.15, -0.1) is 0 Å². The first-order valence-electron chi connectivity index (χ1n) is 6.79. The molecule has 0 saturated heterocycles. The molecule has 2 nitrogen and oxygen atoms in total. The Kier molecular flexibility index (Phi) is 2.70. The average Bonchev–Trinajstić information content (AvgIpc) is 2.40. The van der Waals surface area contributed by atoms with Crippen molar-refractivity contribution >= 4 is 5.78 Å². The summed E-state index contributed by atoms with van der Waals surface area (Å²) >= 11 is 0. The molecule has 0 bridgehead atoms. The number of nitrogens with zero attached hydrogens (tertiary/aromatic N) is 1. The third-order valence-corrected chi connectivity index (χ3v) is 4.68. The molecule has 18 heavy (non-hydrogen) atoms. The summed E-state index contributed by atoms with van der Waals surface area (Å²) in [6.07, 6.45) is 6.54. The first kappa shape index (κ1) is 11.5. The van der Waals surface area contributed by atoms with Crippen molar-refractivity contribution in [2.75, 3.05) is 0 Å². The van der Waals surface area contributed by atoms with Gasteiger partial charge in [0.25, 0.3) is 0 Å². The quantitative estimate of drug-likeness (QED) is 0.695. The first-order chi connectivity index (χ1) is 8.77. The molecule has 1 atom stereocenters. The average molecular weight is 239 g/mol. The van der Waals surface area contributed by atoms with Gasteiger partial charge in [-0.3, -0.25) is 4.79 Å². The Balaban J connectivity index is 2.08. The van der Waals surface area contributed by atoms with Crippen LogP contribution in [0.2, 0.25) is 0 Å². The van der Waals surface area contributed by atoms with Gasteiger partial charge in [0.05, 0.1) is 6.07 Å². The van der Waals surface area contributed by atoms with E-state index in [4.69, 9.17) is 0 Å². The number of hydrogen-bond donors (Lipinski definition) is 0. The zero-order valence-electron chi connectivity index (χ0n) is 10.5. The minimum atomic E-state index is -0.423. The van der Waals surface area contributed by atoms with Gasteiger partial charge in [0, 0.05) is 5.56 Å². The Morgan fingerprint density at radius 2 is 1.89 bits per heavy atom. The molecule has 92 valence electrons. The van der Waals surface area contributed by atoms with E-state index in [1.165, 1.54) is 6.42 Å². The van der Waals surface area contributed by atoms with Crippen molar-refractivity contribution in [3.8, 4) is 6.07 Å². The normalized spacial score (nSPS) is 25.5. The van der Waals surface area contributed by atoms with Crippen LogP contribution in [0, 0.1) is 22.7 Å². The number of rotatable bonds is 0. The molecule has 1 saturated carbocycles. The van der Waals surface area contributed by atoms with E-state index in [1.807, 2.05) is 18.2 Å². The molecule has 1 aromatic carbocycles. The van der Waals surface area contributed by atoms with Crippen LogP contribution in [-0.2, 0) is 6.42 Å². The molecule has 2 aliphatic carbocycles. The predicted octanol–water partition coefficient (Wildman–Crippen LogP) is 3.52. The Morgan fingerprint density at radius 1 is 1.17 bits per heavy atom. The predicted molar refractivity (Wildman–Crippen MR) is 69.1 cm³/mol. The molecule has 0 amide bonds. The van der Waals surface area contributed by atoms with Crippen molar-refractivity contribution in [2.24, 2.45) is 11.3 Å². The van der Waals surface area contributed by atoms with E-state index in [0.717, 1.165) is 43.2 Å². The zero-order chi connectivity index (χ0) is 12.6. The second-order valence-corrected chi connectivity index (χ2v) is 5.68. The molecule has 1 spiro atoms. The number of ketones is 1. The highest BCUT2D eigenvalue weighted by atomic mass is 16.1. The first-order valence-corrected chi connectivity index (χ1v) is 6.79. The summed E-state index contributed by atoms with van der Waals surface area (Å²) in [6, 6.07) is 10.1. The summed E-state index contributed by atoms with van der Waals surface area (Å²) in [5.41, 5.74) is 1.86. The van der Waals surface area contributed by atoms with E-state index in [0.29, 0.717) is 0 Å². The highest BCUT2D eigenvalue weighted by molar-refractivity contribution is 6.02. The standard InChI is InChI=1S/C16H17NO/c17-11-14-15(18)13-7-3-2-6-12(13)10-16(14)8-4-1-5-9-16/h2-3,6-7,14H,1,4-5,8-10H2/t14-/m0/s1. The number of carbonyl (C=O) groups excluding carboxylic acids is 1. The van der Waals surface area contributed by atoms with Gasteiger partial charge in [-0.25, -0.2) is 0 Å². The monoisotopic (exact) mass is 239 g/mol. The summed E-state index contributed by atoms with van der Waals surface area (Å²) in [7, 11) is 0. The number of fused-ring (bicyclic) bond motifs is 1. The molecule has 3 rings (SSSR count). The topological polar surface area (TPSA) is 40.9 Å². The van der Waals surface area contributed by atoms with Crippen LogP contribution in [0.5, 0.6) is 0 Å². The fourth-order valence-electron chi connectivity index (χ4n) is 3.75. The molecule has 0 radical (unpaired) electrons. The third-order valence-electron chi connectivity index (χ3n) is 4.68. The molecule has 0 N–H and O–H groups in total. The van der Waals surface area contributed by atoms with Gasteiger partial charge in [0.1, 0.15) is 5.92 Å². The van der Waals surface area contributed by atoms with Crippen molar-refractivity contribution in [1.82, 2.24) is 0 Å². The highest BCUT2D eigenvalue weighted by Crippen LogP contribution is 2.49. The number of benzene rings is 1. The lowest BCUT2D eigenvalue weighted by Gasteiger charge is -2.43. The van der Waals surface area contributed by atoms with Crippen molar-refractivity contribution in [3.05, 3.63) is 35.4 Å². The van der Waals surface area contributed by atoms with Crippen molar-refractivity contribution in [1.29, 1.82) is 5.26 Å². The molecule has 0 aliphatic heterocycles. The van der Waals surface area contributed by atoms with E-state index in [9.17, 15) is 10.1 Å². The van der Waals surface area contributed by atoms with Gasteiger partial charge in [-0.05, 0) is 30.2 Å². The smallest absolute Gasteiger partial charge is 0.180 e. The number of Topliss-reactive ketones (excluding diaryl/α,β-unsaturated/α-hetero) is 1. The molecular weight excluding hydrogens is 222 g/mol. The van der Waals surface area contributed by atoms with Crippen molar-refractivity contribution < 1.29 is 4.79 Å². The van der Waals surface area contributed by atoms with E-state index in [-0.39, 0.29) is 11.2 Å². The molecular formula is C16H17NO. The fraction of sp³-hybridized carbons (Fsp3) is 0.500. The van der Waals surface area contributed by atoms with Crippen LogP contribution in [-0.4, -0.2) is 5.78 Å².